The lowest BCUT2D eigenvalue weighted by Crippen LogP contribution is -2.48. The van der Waals surface area contributed by atoms with Crippen LogP contribution in [0.2, 0.25) is 0 Å². The van der Waals surface area contributed by atoms with Crippen LogP contribution in [0, 0.1) is 0 Å². The molecule has 1 aliphatic heterocycles. The molecule has 2 atom stereocenters. The molecule has 1 aromatic rings. The molecule has 0 bridgehead atoms. The molecule has 5 heteroatoms. The topological polar surface area (TPSA) is 61.6 Å². The molecule has 1 aromatic carbocycles. The highest BCUT2D eigenvalue weighted by molar-refractivity contribution is 5.89. The highest BCUT2D eigenvalue weighted by Crippen LogP contribution is 2.17. The molecule has 2 rings (SSSR count). The van der Waals surface area contributed by atoms with E-state index in [9.17, 15) is 4.79 Å². The van der Waals surface area contributed by atoms with Crippen LogP contribution < -0.4 is 11.1 Å². The summed E-state index contributed by atoms with van der Waals surface area (Å²) in [5.41, 5.74) is 7.71. The zero-order valence-electron chi connectivity index (χ0n) is 13.2. The van der Waals surface area contributed by atoms with Crippen molar-refractivity contribution < 1.29 is 4.79 Å². The fraction of sp³-hybridized carbons (Fsp3) is 0.562. The molecule has 1 heterocycles. The second-order valence-electron chi connectivity index (χ2n) is 6.05. The zero-order chi connectivity index (χ0) is 15.4. The van der Waals surface area contributed by atoms with Crippen LogP contribution in [0.4, 0.5) is 10.5 Å². The summed E-state index contributed by atoms with van der Waals surface area (Å²) in [5, 5.41) is 2.96. The molecule has 116 valence electrons. The van der Waals surface area contributed by atoms with E-state index in [1.54, 1.807) is 0 Å². The lowest BCUT2D eigenvalue weighted by atomic mass is 10.1. The fourth-order valence-electron chi connectivity index (χ4n) is 2.63. The van der Waals surface area contributed by atoms with Gasteiger partial charge in [-0.25, -0.2) is 4.79 Å². The van der Waals surface area contributed by atoms with Gasteiger partial charge in [-0.2, -0.15) is 0 Å². The summed E-state index contributed by atoms with van der Waals surface area (Å²) in [5.74, 6) is 0. The van der Waals surface area contributed by atoms with E-state index in [4.69, 9.17) is 5.73 Å². The first kappa shape index (κ1) is 15.8. The Morgan fingerprint density at radius 2 is 2.05 bits per heavy atom. The lowest BCUT2D eigenvalue weighted by Gasteiger charge is -2.36. The Hall–Kier alpha value is -1.59. The van der Waals surface area contributed by atoms with E-state index in [1.165, 1.54) is 0 Å². The number of likely N-dealkylation sites (tertiary alicyclic amines) is 1. The number of hydrogen-bond acceptors (Lipinski definition) is 3. The summed E-state index contributed by atoms with van der Waals surface area (Å²) in [7, 11) is 4.14. The number of likely N-dealkylation sites (N-methyl/N-ethyl adjacent to an activating group) is 1. The highest BCUT2D eigenvalue weighted by Gasteiger charge is 2.24. The summed E-state index contributed by atoms with van der Waals surface area (Å²) < 4.78 is 0. The van der Waals surface area contributed by atoms with E-state index in [-0.39, 0.29) is 12.1 Å². The number of nitrogens with two attached hydrogens (primary N) is 1. The number of benzene rings is 1. The number of carbonyl (C=O) groups excluding carboxylic acids is 1. The molecular formula is C16H26N4O. The van der Waals surface area contributed by atoms with Gasteiger partial charge in [-0.1, -0.05) is 12.1 Å². The Kier molecular flexibility index (Phi) is 5.20. The first-order valence-corrected chi connectivity index (χ1v) is 7.55. The van der Waals surface area contributed by atoms with Crippen molar-refractivity contribution in [1.29, 1.82) is 0 Å². The number of carbonyl (C=O) groups is 1. The first-order valence-electron chi connectivity index (χ1n) is 7.55. The van der Waals surface area contributed by atoms with Gasteiger partial charge < -0.3 is 20.9 Å². The second-order valence-corrected chi connectivity index (χ2v) is 6.05. The number of anilines is 1. The average Bonchev–Trinajstić information content (AvgIpc) is 2.48. The highest BCUT2D eigenvalue weighted by atomic mass is 16.2. The number of hydrogen-bond donors (Lipinski definition) is 2. The minimum absolute atomic E-state index is 0.0118. The summed E-state index contributed by atoms with van der Waals surface area (Å²) in [6, 6.07) is 8.17. The van der Waals surface area contributed by atoms with Crippen LogP contribution in [-0.2, 0) is 0 Å². The van der Waals surface area contributed by atoms with Crippen LogP contribution in [-0.4, -0.2) is 49.1 Å². The van der Waals surface area contributed by atoms with Gasteiger partial charge in [0, 0.05) is 30.9 Å². The third-order valence-electron chi connectivity index (χ3n) is 4.10. The predicted molar refractivity (Wildman–Crippen MR) is 86.3 cm³/mol. The molecule has 3 N–H and O–H groups in total. The molecule has 0 radical (unpaired) electrons. The van der Waals surface area contributed by atoms with E-state index >= 15 is 0 Å². The normalized spacial score (nSPS) is 20.4. The monoisotopic (exact) mass is 290 g/mol. The maximum Gasteiger partial charge on any atom is 0.321 e. The summed E-state index contributed by atoms with van der Waals surface area (Å²) in [4.78, 5) is 16.4. The van der Waals surface area contributed by atoms with Gasteiger partial charge in [-0.05, 0) is 51.6 Å². The third-order valence-corrected chi connectivity index (χ3v) is 4.10. The maximum absolute atomic E-state index is 12.3. The quantitative estimate of drug-likeness (QED) is 0.897. The Balaban J connectivity index is 1.94. The van der Waals surface area contributed by atoms with Crippen LogP contribution in [0.5, 0.6) is 0 Å². The van der Waals surface area contributed by atoms with Gasteiger partial charge in [0.05, 0.1) is 0 Å². The van der Waals surface area contributed by atoms with Crippen molar-refractivity contribution in [2.75, 3.05) is 32.5 Å². The Morgan fingerprint density at radius 3 is 2.62 bits per heavy atom. The molecule has 2 unspecified atom stereocenters. The largest absolute Gasteiger partial charge is 0.324 e. The van der Waals surface area contributed by atoms with Crippen molar-refractivity contribution in [2.45, 2.75) is 31.8 Å². The molecule has 1 saturated heterocycles. The Labute approximate surface area is 127 Å². The van der Waals surface area contributed by atoms with Crippen LogP contribution in [0.1, 0.15) is 31.4 Å². The van der Waals surface area contributed by atoms with Crippen molar-refractivity contribution in [1.82, 2.24) is 9.80 Å². The zero-order valence-corrected chi connectivity index (χ0v) is 13.2. The lowest BCUT2D eigenvalue weighted by molar-refractivity contribution is 0.148. The molecule has 2 amide bonds. The smallest absolute Gasteiger partial charge is 0.321 e. The standard InChI is InChI=1S/C16H26N4O/c1-12(17)13-6-8-14(9-7-13)18-16(21)20-10-4-5-15(11-20)19(2)3/h6-9,12,15H,4-5,10-11,17H2,1-3H3,(H,18,21). The number of nitrogens with zero attached hydrogens (tertiary/aromatic N) is 2. The van der Waals surface area contributed by atoms with Crippen molar-refractivity contribution >= 4 is 11.7 Å². The van der Waals surface area contributed by atoms with Crippen molar-refractivity contribution in [3.05, 3.63) is 29.8 Å². The Bertz CT molecular complexity index is 470. The van der Waals surface area contributed by atoms with Crippen LogP contribution >= 0.6 is 0 Å². The SMILES string of the molecule is CC(N)c1ccc(NC(=O)N2CCCC(N(C)C)C2)cc1. The number of nitrogens with one attached hydrogen (secondary N) is 1. The average molecular weight is 290 g/mol. The van der Waals surface area contributed by atoms with Crippen molar-refractivity contribution in [2.24, 2.45) is 5.73 Å². The number of rotatable bonds is 3. The van der Waals surface area contributed by atoms with E-state index in [0.717, 1.165) is 37.2 Å². The van der Waals surface area contributed by atoms with E-state index in [1.807, 2.05) is 36.1 Å². The molecule has 21 heavy (non-hydrogen) atoms. The van der Waals surface area contributed by atoms with Crippen LogP contribution in [0.3, 0.4) is 0 Å². The minimum Gasteiger partial charge on any atom is -0.324 e. The van der Waals surface area contributed by atoms with Gasteiger partial charge in [0.1, 0.15) is 0 Å². The summed E-state index contributed by atoms with van der Waals surface area (Å²) in [6.07, 6.45) is 2.21. The Morgan fingerprint density at radius 1 is 1.38 bits per heavy atom. The van der Waals surface area contributed by atoms with Gasteiger partial charge in [0.15, 0.2) is 0 Å². The van der Waals surface area contributed by atoms with Crippen molar-refractivity contribution in [3.63, 3.8) is 0 Å². The van der Waals surface area contributed by atoms with Gasteiger partial charge >= 0.3 is 6.03 Å². The van der Waals surface area contributed by atoms with Gasteiger partial charge in [0.25, 0.3) is 0 Å². The summed E-state index contributed by atoms with van der Waals surface area (Å²) in [6.45, 7) is 3.56. The van der Waals surface area contributed by atoms with E-state index < -0.39 is 0 Å². The van der Waals surface area contributed by atoms with Gasteiger partial charge in [-0.3, -0.25) is 0 Å². The maximum atomic E-state index is 12.3. The molecule has 1 fully saturated rings. The molecule has 0 aliphatic carbocycles. The first-order chi connectivity index (χ1) is 9.97. The molecule has 0 spiro atoms. The number of urea groups is 1. The molecule has 1 aliphatic rings. The van der Waals surface area contributed by atoms with Crippen molar-refractivity contribution in [3.8, 4) is 0 Å². The predicted octanol–water partition coefficient (Wildman–Crippen LogP) is 2.26. The third kappa shape index (κ3) is 4.19. The minimum atomic E-state index is -0.0184. The van der Waals surface area contributed by atoms with Crippen LogP contribution in [0.25, 0.3) is 0 Å². The second kappa shape index (κ2) is 6.91. The summed E-state index contributed by atoms with van der Waals surface area (Å²) >= 11 is 0. The molecular weight excluding hydrogens is 264 g/mol. The molecule has 5 nitrogen and oxygen atoms in total. The molecule has 0 aromatic heterocycles. The van der Waals surface area contributed by atoms with E-state index in [0.29, 0.717) is 6.04 Å². The van der Waals surface area contributed by atoms with Gasteiger partial charge in [-0.15, -0.1) is 0 Å². The molecule has 0 saturated carbocycles. The number of piperidine rings is 1. The van der Waals surface area contributed by atoms with E-state index in [2.05, 4.69) is 24.3 Å². The van der Waals surface area contributed by atoms with Gasteiger partial charge in [0.2, 0.25) is 0 Å². The fourth-order valence-corrected chi connectivity index (χ4v) is 2.63. The van der Waals surface area contributed by atoms with Crippen LogP contribution in [0.15, 0.2) is 24.3 Å². The number of amides is 2.